The summed E-state index contributed by atoms with van der Waals surface area (Å²) in [6.07, 6.45) is 1.08. The van der Waals surface area contributed by atoms with Gasteiger partial charge in [-0.15, -0.1) is 0 Å². The molecule has 0 aliphatic rings. The molecule has 2 aromatic carbocycles. The number of likely N-dealkylation sites (N-methyl/N-ethyl adjacent to an activating group) is 1. The number of nitrogens with zero attached hydrogens (tertiary/aromatic N) is 2. The summed E-state index contributed by atoms with van der Waals surface area (Å²) in [5, 5.41) is 2.74. The Bertz CT molecular complexity index is 1050. The fourth-order valence-electron chi connectivity index (χ4n) is 3.43. The van der Waals surface area contributed by atoms with Crippen LogP contribution >= 0.6 is 0 Å². The third-order valence-corrected chi connectivity index (χ3v) is 6.56. The van der Waals surface area contributed by atoms with Gasteiger partial charge in [0.1, 0.15) is 12.6 Å². The van der Waals surface area contributed by atoms with Gasteiger partial charge < -0.3 is 10.2 Å². The Morgan fingerprint density at radius 1 is 1.00 bits per heavy atom. The lowest BCUT2D eigenvalue weighted by atomic mass is 9.87. The van der Waals surface area contributed by atoms with Gasteiger partial charge in [-0.3, -0.25) is 13.9 Å². The van der Waals surface area contributed by atoms with E-state index in [0.717, 1.165) is 21.7 Å². The predicted molar refractivity (Wildman–Crippen MR) is 132 cm³/mol. The van der Waals surface area contributed by atoms with E-state index in [1.54, 1.807) is 26.0 Å². The van der Waals surface area contributed by atoms with Gasteiger partial charge in [0.15, 0.2) is 0 Å². The van der Waals surface area contributed by atoms with Crippen LogP contribution in [-0.2, 0) is 31.6 Å². The highest BCUT2D eigenvalue weighted by molar-refractivity contribution is 7.92. The van der Waals surface area contributed by atoms with Crippen LogP contribution in [0.15, 0.2) is 54.6 Å². The molecule has 2 amide bonds. The van der Waals surface area contributed by atoms with E-state index < -0.39 is 28.5 Å². The van der Waals surface area contributed by atoms with Gasteiger partial charge in [0.25, 0.3) is 0 Å². The smallest absolute Gasteiger partial charge is 0.244 e. The molecule has 0 spiro atoms. The molecule has 1 N–H and O–H groups in total. The zero-order valence-corrected chi connectivity index (χ0v) is 21.1. The monoisotopic (exact) mass is 473 g/mol. The first-order valence-electron chi connectivity index (χ1n) is 11.0. The highest BCUT2D eigenvalue weighted by Crippen LogP contribution is 2.26. The number of nitrogens with one attached hydrogen (secondary N) is 1. The summed E-state index contributed by atoms with van der Waals surface area (Å²) in [6, 6.07) is 15.7. The fraction of sp³-hybridized carbons (Fsp3) is 0.440. The summed E-state index contributed by atoms with van der Waals surface area (Å²) < 4.78 is 26.3. The standard InChI is InChI=1S/C25H35N3O4S/c1-7-26-24(30)19(2)27(17-20-11-9-8-10-12-20)23(29)18-28(33(6,31)32)22-15-13-21(14-16-22)25(3,4)5/h8-16,19H,7,17-18H2,1-6H3,(H,26,30)/t19-/m1/s1. The number of carbonyl (C=O) groups is 2. The molecule has 1 atom stereocenters. The van der Waals surface area contributed by atoms with Crippen molar-refractivity contribution in [3.05, 3.63) is 65.7 Å². The van der Waals surface area contributed by atoms with Gasteiger partial charge in [0.05, 0.1) is 11.9 Å². The van der Waals surface area contributed by atoms with Crippen LogP contribution < -0.4 is 9.62 Å². The number of carbonyl (C=O) groups excluding carboxylic acids is 2. The molecule has 0 unspecified atom stereocenters. The summed E-state index contributed by atoms with van der Waals surface area (Å²) in [5.41, 5.74) is 2.23. The molecule has 0 heterocycles. The van der Waals surface area contributed by atoms with Crippen LogP contribution in [0.2, 0.25) is 0 Å². The summed E-state index contributed by atoms with van der Waals surface area (Å²) in [7, 11) is -3.74. The highest BCUT2D eigenvalue weighted by atomic mass is 32.2. The topological polar surface area (TPSA) is 86.8 Å². The van der Waals surface area contributed by atoms with E-state index in [2.05, 4.69) is 26.1 Å². The molecule has 0 aromatic heterocycles. The maximum atomic E-state index is 13.4. The Balaban J connectivity index is 2.36. The Labute approximate surface area is 197 Å². The van der Waals surface area contributed by atoms with Gasteiger partial charge in [-0.25, -0.2) is 8.42 Å². The number of hydrogen-bond acceptors (Lipinski definition) is 4. The molecule has 0 radical (unpaired) electrons. The van der Waals surface area contributed by atoms with E-state index in [0.29, 0.717) is 12.2 Å². The molecule has 2 rings (SSSR count). The van der Waals surface area contributed by atoms with Gasteiger partial charge in [0, 0.05) is 13.1 Å². The molecule has 0 aliphatic carbocycles. The molecule has 0 saturated carbocycles. The highest BCUT2D eigenvalue weighted by Gasteiger charge is 2.30. The van der Waals surface area contributed by atoms with E-state index in [-0.39, 0.29) is 17.9 Å². The molecule has 7 nitrogen and oxygen atoms in total. The van der Waals surface area contributed by atoms with Crippen LogP contribution in [0.1, 0.15) is 45.7 Å². The largest absolute Gasteiger partial charge is 0.355 e. The van der Waals surface area contributed by atoms with Crippen LogP contribution in [0, 0.1) is 0 Å². The summed E-state index contributed by atoms with van der Waals surface area (Å²) in [4.78, 5) is 27.3. The Kier molecular flexibility index (Phi) is 8.66. The lowest BCUT2D eigenvalue weighted by molar-refractivity contribution is -0.139. The minimum Gasteiger partial charge on any atom is -0.355 e. The van der Waals surface area contributed by atoms with Gasteiger partial charge in [-0.2, -0.15) is 0 Å². The average molecular weight is 474 g/mol. The van der Waals surface area contributed by atoms with Crippen molar-refractivity contribution in [3.8, 4) is 0 Å². The second-order valence-corrected chi connectivity index (χ2v) is 11.1. The first kappa shape index (κ1) is 26.4. The van der Waals surface area contributed by atoms with Crippen LogP contribution in [0.5, 0.6) is 0 Å². The Morgan fingerprint density at radius 3 is 2.06 bits per heavy atom. The van der Waals surface area contributed by atoms with Crippen molar-refractivity contribution >= 4 is 27.5 Å². The van der Waals surface area contributed by atoms with E-state index in [9.17, 15) is 18.0 Å². The summed E-state index contributed by atoms with van der Waals surface area (Å²) >= 11 is 0. The van der Waals surface area contributed by atoms with E-state index in [1.165, 1.54) is 4.90 Å². The van der Waals surface area contributed by atoms with Crippen molar-refractivity contribution < 1.29 is 18.0 Å². The molecule has 0 aliphatic heterocycles. The second-order valence-electron chi connectivity index (χ2n) is 9.14. The first-order valence-corrected chi connectivity index (χ1v) is 12.9. The maximum Gasteiger partial charge on any atom is 0.244 e. The third kappa shape index (κ3) is 7.32. The Morgan fingerprint density at radius 2 is 1.58 bits per heavy atom. The molecule has 180 valence electrons. The fourth-order valence-corrected chi connectivity index (χ4v) is 4.28. The average Bonchev–Trinajstić information content (AvgIpc) is 2.74. The zero-order valence-electron chi connectivity index (χ0n) is 20.3. The number of benzene rings is 2. The van der Waals surface area contributed by atoms with E-state index in [4.69, 9.17) is 0 Å². The van der Waals surface area contributed by atoms with Crippen molar-refractivity contribution in [2.45, 2.75) is 52.6 Å². The summed E-state index contributed by atoms with van der Waals surface area (Å²) in [5.74, 6) is -0.745. The van der Waals surface area contributed by atoms with Crippen LogP contribution in [0.4, 0.5) is 5.69 Å². The zero-order chi connectivity index (χ0) is 24.8. The molecule has 2 aromatic rings. The molecular weight excluding hydrogens is 438 g/mol. The number of sulfonamides is 1. The van der Waals surface area contributed by atoms with Gasteiger partial charge >= 0.3 is 0 Å². The molecule has 33 heavy (non-hydrogen) atoms. The van der Waals surface area contributed by atoms with Gasteiger partial charge in [-0.05, 0) is 42.5 Å². The molecule has 0 fully saturated rings. The normalized spacial score (nSPS) is 12.7. The van der Waals surface area contributed by atoms with Crippen molar-refractivity contribution in [2.75, 3.05) is 23.7 Å². The number of hydrogen-bond donors (Lipinski definition) is 1. The van der Waals surface area contributed by atoms with Crippen LogP contribution in [-0.4, -0.2) is 50.5 Å². The maximum absolute atomic E-state index is 13.4. The van der Waals surface area contributed by atoms with Gasteiger partial charge in [-0.1, -0.05) is 63.2 Å². The molecule has 0 bridgehead atoms. The number of anilines is 1. The predicted octanol–water partition coefficient (Wildman–Crippen LogP) is 3.30. The Hall–Kier alpha value is -2.87. The molecule has 0 saturated heterocycles. The number of rotatable bonds is 9. The third-order valence-electron chi connectivity index (χ3n) is 5.41. The lowest BCUT2D eigenvalue weighted by Gasteiger charge is -2.31. The minimum absolute atomic E-state index is 0.0845. The second kappa shape index (κ2) is 10.8. The van der Waals surface area contributed by atoms with Crippen LogP contribution in [0.3, 0.4) is 0 Å². The first-order chi connectivity index (χ1) is 15.3. The molecule has 8 heteroatoms. The van der Waals surface area contributed by atoms with Crippen molar-refractivity contribution in [2.24, 2.45) is 0 Å². The van der Waals surface area contributed by atoms with Crippen molar-refractivity contribution in [1.82, 2.24) is 10.2 Å². The van der Waals surface area contributed by atoms with Crippen LogP contribution in [0.25, 0.3) is 0 Å². The molecular formula is C25H35N3O4S. The number of amides is 2. The van der Waals surface area contributed by atoms with E-state index >= 15 is 0 Å². The summed E-state index contributed by atoms with van der Waals surface area (Å²) in [6.45, 7) is 9.91. The van der Waals surface area contributed by atoms with E-state index in [1.807, 2.05) is 42.5 Å². The van der Waals surface area contributed by atoms with Gasteiger partial charge in [0.2, 0.25) is 21.8 Å². The van der Waals surface area contributed by atoms with Crippen molar-refractivity contribution in [3.63, 3.8) is 0 Å². The van der Waals surface area contributed by atoms with Crippen molar-refractivity contribution in [1.29, 1.82) is 0 Å². The minimum atomic E-state index is -3.74. The SMILES string of the molecule is CCNC(=O)[C@@H](C)N(Cc1ccccc1)C(=O)CN(c1ccc(C(C)(C)C)cc1)S(C)(=O)=O. The quantitative estimate of drug-likeness (QED) is 0.605. The lowest BCUT2D eigenvalue weighted by Crippen LogP contribution is -2.51.